The summed E-state index contributed by atoms with van der Waals surface area (Å²) in [6.45, 7) is 0. The van der Waals surface area contributed by atoms with E-state index in [1.807, 2.05) is 66.7 Å². The highest BCUT2D eigenvalue weighted by atomic mass is 16.2. The maximum Gasteiger partial charge on any atom is 0.262 e. The number of hydrogen-bond donors (Lipinski definition) is 1. The molecule has 1 aliphatic heterocycles. The van der Waals surface area contributed by atoms with Crippen molar-refractivity contribution in [2.45, 2.75) is 5.54 Å². The van der Waals surface area contributed by atoms with Gasteiger partial charge in [0.05, 0.1) is 16.8 Å². The first-order valence-corrected chi connectivity index (χ1v) is 9.33. The Morgan fingerprint density at radius 2 is 1.14 bits per heavy atom. The van der Waals surface area contributed by atoms with Crippen molar-refractivity contribution < 1.29 is 9.59 Å². The Hall–Kier alpha value is -3.99. The van der Waals surface area contributed by atoms with E-state index in [4.69, 9.17) is 0 Å². The molecule has 5 nitrogen and oxygen atoms in total. The topological polar surface area (TPSA) is 66.1 Å². The number of hydrogen-bond acceptors (Lipinski definition) is 3. The van der Waals surface area contributed by atoms with Gasteiger partial charge >= 0.3 is 0 Å². The minimum atomic E-state index is -1.17. The quantitative estimate of drug-likeness (QED) is 0.545. The van der Waals surface area contributed by atoms with E-state index in [9.17, 15) is 9.59 Å². The number of amides is 2. The summed E-state index contributed by atoms with van der Waals surface area (Å²) in [5.74, 6) is -0.652. The molecule has 5 heteroatoms. The number of benzene rings is 3. The van der Waals surface area contributed by atoms with Crippen LogP contribution in [0.4, 0.5) is 0 Å². The van der Waals surface area contributed by atoms with Crippen molar-refractivity contribution in [2.75, 3.05) is 0 Å². The lowest BCUT2D eigenvalue weighted by Gasteiger charge is -2.40. The highest BCUT2D eigenvalue weighted by Gasteiger charge is 2.53. The molecule has 29 heavy (non-hydrogen) atoms. The molecule has 3 aromatic carbocycles. The van der Waals surface area contributed by atoms with Crippen LogP contribution in [0.25, 0.3) is 0 Å². The second-order valence-electron chi connectivity index (χ2n) is 6.90. The number of imide groups is 1. The molecule has 1 aromatic heterocycles. The lowest BCUT2D eigenvalue weighted by molar-refractivity contribution is 0.0526. The third kappa shape index (κ3) is 2.37. The predicted octanol–water partition coefficient (Wildman–Crippen LogP) is 4.00. The van der Waals surface area contributed by atoms with E-state index < -0.39 is 5.54 Å². The average Bonchev–Trinajstić information content (AvgIpc) is 3.40. The van der Waals surface area contributed by atoms with E-state index in [1.54, 1.807) is 30.5 Å². The number of nitrogens with zero attached hydrogens (tertiary/aromatic N) is 2. The van der Waals surface area contributed by atoms with Gasteiger partial charge in [-0.3, -0.25) is 19.6 Å². The fourth-order valence-electron chi connectivity index (χ4n) is 4.17. The fraction of sp³-hybridized carbons (Fsp3) is 0.0417. The Labute approximate surface area is 167 Å². The largest absolute Gasteiger partial charge is 0.279 e. The lowest BCUT2D eigenvalue weighted by Crippen LogP contribution is -2.51. The first kappa shape index (κ1) is 17.1. The van der Waals surface area contributed by atoms with Crippen molar-refractivity contribution in [3.8, 4) is 0 Å². The van der Waals surface area contributed by atoms with Gasteiger partial charge in [-0.1, -0.05) is 72.8 Å². The molecule has 4 aromatic rings. The van der Waals surface area contributed by atoms with Crippen LogP contribution in [0.5, 0.6) is 0 Å². The van der Waals surface area contributed by atoms with Crippen LogP contribution in [0, 0.1) is 0 Å². The van der Waals surface area contributed by atoms with Gasteiger partial charge < -0.3 is 0 Å². The summed E-state index contributed by atoms with van der Waals surface area (Å²) >= 11 is 0. The molecule has 0 saturated carbocycles. The summed E-state index contributed by atoms with van der Waals surface area (Å²) in [6.07, 6.45) is 1.63. The molecule has 0 unspecified atom stereocenters. The zero-order chi connectivity index (χ0) is 19.8. The van der Waals surface area contributed by atoms with E-state index in [2.05, 4.69) is 10.2 Å². The number of nitrogens with one attached hydrogen (secondary N) is 1. The van der Waals surface area contributed by atoms with Crippen LogP contribution < -0.4 is 0 Å². The Balaban J connectivity index is 1.87. The molecule has 2 amide bonds. The van der Waals surface area contributed by atoms with Crippen molar-refractivity contribution in [3.05, 3.63) is 125 Å². The third-order valence-corrected chi connectivity index (χ3v) is 5.40. The standard InChI is InChI=1S/C24H17N3O2/c28-22-19-13-7-8-14-20(19)23(29)27(22)24(21-15-16-25-26-21,17-9-3-1-4-10-17)18-11-5-2-6-12-18/h1-16H,(H,25,26). The van der Waals surface area contributed by atoms with E-state index >= 15 is 0 Å². The number of fused-ring (bicyclic) bond motifs is 1. The van der Waals surface area contributed by atoms with Crippen molar-refractivity contribution in [2.24, 2.45) is 0 Å². The van der Waals surface area contributed by atoms with Crippen molar-refractivity contribution in [3.63, 3.8) is 0 Å². The molecule has 2 heterocycles. The molecule has 0 spiro atoms. The van der Waals surface area contributed by atoms with Crippen LogP contribution >= 0.6 is 0 Å². The monoisotopic (exact) mass is 379 g/mol. The van der Waals surface area contributed by atoms with Crippen LogP contribution in [-0.4, -0.2) is 26.9 Å². The maximum atomic E-state index is 13.6. The van der Waals surface area contributed by atoms with Crippen LogP contribution in [0.2, 0.25) is 0 Å². The third-order valence-electron chi connectivity index (χ3n) is 5.40. The van der Waals surface area contributed by atoms with Gasteiger partial charge in [0.2, 0.25) is 0 Å². The molecule has 0 atom stereocenters. The van der Waals surface area contributed by atoms with E-state index in [1.165, 1.54) is 4.90 Å². The first-order valence-electron chi connectivity index (χ1n) is 9.33. The van der Waals surface area contributed by atoms with Gasteiger partial charge in [0, 0.05) is 6.20 Å². The number of H-pyrrole nitrogens is 1. The van der Waals surface area contributed by atoms with Gasteiger partial charge in [0.1, 0.15) is 5.54 Å². The number of aromatic amines is 1. The molecule has 0 bridgehead atoms. The van der Waals surface area contributed by atoms with E-state index in [0.29, 0.717) is 16.8 Å². The molecular formula is C24H17N3O2. The minimum Gasteiger partial charge on any atom is -0.279 e. The van der Waals surface area contributed by atoms with Gasteiger partial charge in [-0.15, -0.1) is 0 Å². The normalized spacial score (nSPS) is 13.6. The Bertz CT molecular complexity index is 1110. The van der Waals surface area contributed by atoms with Gasteiger partial charge in [-0.25, -0.2) is 0 Å². The van der Waals surface area contributed by atoms with Crippen molar-refractivity contribution >= 4 is 11.8 Å². The summed E-state index contributed by atoms with van der Waals surface area (Å²) in [7, 11) is 0. The highest BCUT2D eigenvalue weighted by Crippen LogP contribution is 2.45. The molecule has 0 fully saturated rings. The molecule has 5 rings (SSSR count). The van der Waals surface area contributed by atoms with E-state index in [0.717, 1.165) is 11.1 Å². The molecular weight excluding hydrogens is 362 g/mol. The summed E-state index contributed by atoms with van der Waals surface area (Å²) < 4.78 is 0. The SMILES string of the molecule is O=C1c2ccccc2C(=O)N1C(c1ccccc1)(c1ccccc1)c1ccn[nH]1. The summed E-state index contributed by atoms with van der Waals surface area (Å²) in [5.41, 5.74) is 1.88. The first-order chi connectivity index (χ1) is 14.2. The summed E-state index contributed by atoms with van der Waals surface area (Å²) in [4.78, 5) is 28.5. The van der Waals surface area contributed by atoms with Gasteiger partial charge in [0.15, 0.2) is 0 Å². The van der Waals surface area contributed by atoms with Crippen molar-refractivity contribution in [1.82, 2.24) is 15.1 Å². The molecule has 1 N–H and O–H groups in total. The Morgan fingerprint density at radius 3 is 1.59 bits per heavy atom. The summed E-state index contributed by atoms with van der Waals surface area (Å²) in [5, 5.41) is 7.16. The van der Waals surface area contributed by atoms with Crippen LogP contribution in [0.15, 0.2) is 97.2 Å². The fourth-order valence-corrected chi connectivity index (χ4v) is 4.17. The van der Waals surface area contributed by atoms with Gasteiger partial charge in [-0.2, -0.15) is 5.10 Å². The van der Waals surface area contributed by atoms with Crippen LogP contribution in [0.3, 0.4) is 0 Å². The smallest absolute Gasteiger partial charge is 0.262 e. The van der Waals surface area contributed by atoms with Gasteiger partial charge in [-0.05, 0) is 29.3 Å². The highest BCUT2D eigenvalue weighted by molar-refractivity contribution is 6.22. The van der Waals surface area contributed by atoms with Crippen molar-refractivity contribution in [1.29, 1.82) is 0 Å². The Morgan fingerprint density at radius 1 is 0.655 bits per heavy atom. The second-order valence-corrected chi connectivity index (χ2v) is 6.90. The number of rotatable bonds is 4. The summed E-state index contributed by atoms with van der Waals surface area (Å²) in [6, 6.07) is 27.9. The predicted molar refractivity (Wildman–Crippen MR) is 108 cm³/mol. The van der Waals surface area contributed by atoms with Crippen LogP contribution in [0.1, 0.15) is 37.5 Å². The maximum absolute atomic E-state index is 13.6. The van der Waals surface area contributed by atoms with Crippen LogP contribution in [-0.2, 0) is 5.54 Å². The molecule has 0 radical (unpaired) electrons. The lowest BCUT2D eigenvalue weighted by atomic mass is 9.78. The number of carbonyl (C=O) groups is 2. The molecule has 140 valence electrons. The average molecular weight is 379 g/mol. The zero-order valence-corrected chi connectivity index (χ0v) is 15.4. The molecule has 0 saturated heterocycles. The number of aromatic nitrogens is 2. The Kier molecular flexibility index (Phi) is 3.88. The van der Waals surface area contributed by atoms with E-state index in [-0.39, 0.29) is 11.8 Å². The zero-order valence-electron chi connectivity index (χ0n) is 15.4. The minimum absolute atomic E-state index is 0.326. The molecule has 0 aliphatic carbocycles. The second kappa shape index (κ2) is 6.56. The molecule has 1 aliphatic rings. The van der Waals surface area contributed by atoms with Gasteiger partial charge in [0.25, 0.3) is 11.8 Å². The number of carbonyl (C=O) groups excluding carboxylic acids is 2.